The minimum atomic E-state index is -0.590. The molecule has 5 aromatic rings. The predicted octanol–water partition coefficient (Wildman–Crippen LogP) is 5.20. The molecule has 34 heavy (non-hydrogen) atoms. The minimum Gasteiger partial charge on any atom is -0.451 e. The highest BCUT2D eigenvalue weighted by Gasteiger charge is 2.20. The van der Waals surface area contributed by atoms with E-state index in [0.717, 1.165) is 22.2 Å². The number of benzene rings is 2. The number of H-pyrrole nitrogens is 1. The summed E-state index contributed by atoms with van der Waals surface area (Å²) in [4.78, 5) is 24.6. The molecule has 5 rings (SSSR count). The summed E-state index contributed by atoms with van der Waals surface area (Å²) >= 11 is 7.19. The van der Waals surface area contributed by atoms with Gasteiger partial charge in [0.2, 0.25) is 0 Å². The summed E-state index contributed by atoms with van der Waals surface area (Å²) in [6, 6.07) is 16.0. The van der Waals surface area contributed by atoms with Gasteiger partial charge in [-0.25, -0.2) is 4.39 Å². The van der Waals surface area contributed by atoms with E-state index in [1.54, 1.807) is 18.2 Å². The van der Waals surface area contributed by atoms with Crippen LogP contribution in [-0.2, 0) is 0 Å². The van der Waals surface area contributed by atoms with Crippen molar-refractivity contribution in [2.24, 2.45) is 5.73 Å². The Morgan fingerprint density at radius 2 is 1.97 bits per heavy atom. The number of primary amides is 1. The number of halogens is 2. The zero-order chi connectivity index (χ0) is 23.8. The van der Waals surface area contributed by atoms with Crippen molar-refractivity contribution in [2.45, 2.75) is 0 Å². The van der Waals surface area contributed by atoms with Gasteiger partial charge in [0, 0.05) is 16.5 Å². The van der Waals surface area contributed by atoms with Gasteiger partial charge in [0.15, 0.2) is 5.76 Å². The average molecular weight is 496 g/mol. The zero-order valence-corrected chi connectivity index (χ0v) is 18.8. The zero-order valence-electron chi connectivity index (χ0n) is 17.2. The number of aromatic amines is 1. The SMILES string of the molecule is NC(=O)c1sc(Cl)cc1-c1n[nH]c2ccc(-c3ccc(C(=O)NNc4cccc(F)c4)o3)cc12. The van der Waals surface area contributed by atoms with Crippen molar-refractivity contribution < 1.29 is 18.4 Å². The van der Waals surface area contributed by atoms with Crippen LogP contribution in [0.1, 0.15) is 20.2 Å². The highest BCUT2D eigenvalue weighted by molar-refractivity contribution is 7.18. The molecule has 0 bridgehead atoms. The molecule has 0 aliphatic carbocycles. The van der Waals surface area contributed by atoms with Crippen LogP contribution >= 0.6 is 22.9 Å². The molecule has 3 heterocycles. The molecule has 0 radical (unpaired) electrons. The first-order chi connectivity index (χ1) is 16.4. The number of nitrogens with two attached hydrogens (primary N) is 1. The molecule has 0 aliphatic rings. The van der Waals surface area contributed by atoms with Crippen LogP contribution in [0, 0.1) is 5.82 Å². The lowest BCUT2D eigenvalue weighted by molar-refractivity contribution is 0.0935. The molecule has 0 saturated heterocycles. The van der Waals surface area contributed by atoms with Crippen LogP contribution in [0.3, 0.4) is 0 Å². The number of fused-ring (bicyclic) bond motifs is 1. The summed E-state index contributed by atoms with van der Waals surface area (Å²) in [5.74, 6) is -1.04. The summed E-state index contributed by atoms with van der Waals surface area (Å²) in [6.07, 6.45) is 0. The summed E-state index contributed by atoms with van der Waals surface area (Å²) in [5.41, 5.74) is 13.5. The van der Waals surface area contributed by atoms with E-state index in [4.69, 9.17) is 21.8 Å². The lowest BCUT2D eigenvalue weighted by Crippen LogP contribution is -2.28. The maximum absolute atomic E-state index is 13.3. The molecule has 0 spiro atoms. The Morgan fingerprint density at radius 1 is 1.12 bits per heavy atom. The first kappa shape index (κ1) is 21.7. The number of amides is 2. The normalized spacial score (nSPS) is 11.0. The van der Waals surface area contributed by atoms with Crippen molar-refractivity contribution in [3.8, 4) is 22.6 Å². The number of anilines is 1. The molecule has 0 saturated carbocycles. The number of hydrogen-bond acceptors (Lipinski definition) is 6. The number of carbonyl (C=O) groups excluding carboxylic acids is 2. The molecule has 170 valence electrons. The van der Waals surface area contributed by atoms with Gasteiger partial charge < -0.3 is 10.2 Å². The van der Waals surface area contributed by atoms with Crippen LogP contribution in [0.5, 0.6) is 0 Å². The molecule has 0 fully saturated rings. The fourth-order valence-corrected chi connectivity index (χ4v) is 4.54. The molecule has 11 heteroatoms. The third-order valence-corrected chi connectivity index (χ3v) is 6.28. The molecule has 3 aromatic heterocycles. The fraction of sp³-hybridized carbons (Fsp3) is 0. The molecule has 2 aromatic carbocycles. The van der Waals surface area contributed by atoms with Crippen LogP contribution in [0.2, 0.25) is 4.34 Å². The number of rotatable bonds is 6. The molecule has 8 nitrogen and oxygen atoms in total. The average Bonchev–Trinajstić information content (AvgIpc) is 3.55. The van der Waals surface area contributed by atoms with E-state index in [9.17, 15) is 14.0 Å². The summed E-state index contributed by atoms with van der Waals surface area (Å²) < 4.78 is 19.4. The number of thiophene rings is 1. The largest absolute Gasteiger partial charge is 0.451 e. The van der Waals surface area contributed by atoms with Gasteiger partial charge in [0.1, 0.15) is 22.1 Å². The van der Waals surface area contributed by atoms with Gasteiger partial charge in [0.05, 0.1) is 15.5 Å². The molecular formula is C23H15ClFN5O3S. The highest BCUT2D eigenvalue weighted by Crippen LogP contribution is 2.37. The summed E-state index contributed by atoms with van der Waals surface area (Å²) in [5, 5.41) is 7.99. The van der Waals surface area contributed by atoms with Crippen molar-refractivity contribution in [1.29, 1.82) is 0 Å². The highest BCUT2D eigenvalue weighted by atomic mass is 35.5. The topological polar surface area (TPSA) is 126 Å². The van der Waals surface area contributed by atoms with Crippen LogP contribution < -0.4 is 16.6 Å². The van der Waals surface area contributed by atoms with Crippen molar-refractivity contribution in [3.05, 3.63) is 81.5 Å². The number of hydrazine groups is 1. The smallest absolute Gasteiger partial charge is 0.305 e. The van der Waals surface area contributed by atoms with Crippen LogP contribution in [0.4, 0.5) is 10.1 Å². The van der Waals surface area contributed by atoms with E-state index < -0.39 is 17.6 Å². The third kappa shape index (κ3) is 4.12. The standard InChI is InChI=1S/C23H15ClFN5O3S/c24-19-10-15(21(34-19)22(26)31)20-14-8-11(4-5-16(14)28-29-20)17-6-7-18(33-17)23(32)30-27-13-3-1-2-12(25)9-13/h1-10,27H,(H2,26,31)(H,28,29)(H,30,32). The summed E-state index contributed by atoms with van der Waals surface area (Å²) in [6.45, 7) is 0. The maximum atomic E-state index is 13.3. The van der Waals surface area contributed by atoms with Crippen LogP contribution in [0.25, 0.3) is 33.5 Å². The Kier molecular flexibility index (Phi) is 5.52. The first-order valence-electron chi connectivity index (χ1n) is 9.89. The lowest BCUT2D eigenvalue weighted by atomic mass is 10.0. The second kappa shape index (κ2) is 8.65. The van der Waals surface area contributed by atoms with Gasteiger partial charge >= 0.3 is 5.91 Å². The molecule has 0 aliphatic heterocycles. The summed E-state index contributed by atoms with van der Waals surface area (Å²) in [7, 11) is 0. The Labute approximate surface area is 200 Å². The van der Waals surface area contributed by atoms with E-state index in [2.05, 4.69) is 21.0 Å². The van der Waals surface area contributed by atoms with Gasteiger partial charge in [0.25, 0.3) is 5.91 Å². The van der Waals surface area contributed by atoms with Gasteiger partial charge in [-0.3, -0.25) is 25.5 Å². The molecule has 2 amide bonds. The van der Waals surface area contributed by atoms with Gasteiger partial charge in [-0.15, -0.1) is 11.3 Å². The Balaban J connectivity index is 1.42. The minimum absolute atomic E-state index is 0.0621. The second-order valence-corrected chi connectivity index (χ2v) is 8.93. The fourth-order valence-electron chi connectivity index (χ4n) is 3.46. The molecule has 0 unspecified atom stereocenters. The number of furan rings is 1. The van der Waals surface area contributed by atoms with Crippen molar-refractivity contribution in [2.75, 3.05) is 5.43 Å². The predicted molar refractivity (Wildman–Crippen MR) is 128 cm³/mol. The molecule has 0 atom stereocenters. The maximum Gasteiger partial charge on any atom is 0.305 e. The van der Waals surface area contributed by atoms with Gasteiger partial charge in [-0.2, -0.15) is 5.10 Å². The van der Waals surface area contributed by atoms with Crippen molar-refractivity contribution >= 4 is 51.3 Å². The number of nitrogens with zero attached hydrogens (tertiary/aromatic N) is 1. The van der Waals surface area contributed by atoms with E-state index in [1.165, 1.54) is 24.3 Å². The number of aromatic nitrogens is 2. The van der Waals surface area contributed by atoms with E-state index in [-0.39, 0.29) is 5.76 Å². The number of carbonyl (C=O) groups is 2. The van der Waals surface area contributed by atoms with Crippen LogP contribution in [0.15, 0.2) is 65.1 Å². The number of nitrogens with one attached hydrogen (secondary N) is 3. The monoisotopic (exact) mass is 495 g/mol. The molecular weight excluding hydrogens is 481 g/mol. The second-order valence-electron chi connectivity index (χ2n) is 7.24. The molecule has 5 N–H and O–H groups in total. The Bertz CT molecular complexity index is 1560. The first-order valence-corrected chi connectivity index (χ1v) is 11.1. The van der Waals surface area contributed by atoms with E-state index in [1.807, 2.05) is 18.2 Å². The number of hydrogen-bond donors (Lipinski definition) is 4. The lowest BCUT2D eigenvalue weighted by Gasteiger charge is -2.07. The Hall–Kier alpha value is -4.15. The van der Waals surface area contributed by atoms with Crippen LogP contribution in [-0.4, -0.2) is 22.0 Å². The Morgan fingerprint density at radius 3 is 2.76 bits per heavy atom. The third-order valence-electron chi connectivity index (χ3n) is 5.00. The van der Waals surface area contributed by atoms with Crippen molar-refractivity contribution in [1.82, 2.24) is 15.6 Å². The van der Waals surface area contributed by atoms with Gasteiger partial charge in [-0.05, 0) is 54.6 Å². The quantitative estimate of drug-likeness (QED) is 0.241. The van der Waals surface area contributed by atoms with E-state index in [0.29, 0.717) is 37.5 Å². The van der Waals surface area contributed by atoms with E-state index >= 15 is 0 Å². The van der Waals surface area contributed by atoms with Crippen molar-refractivity contribution in [3.63, 3.8) is 0 Å². The van der Waals surface area contributed by atoms with Gasteiger partial charge in [-0.1, -0.05) is 17.7 Å².